The quantitative estimate of drug-likeness (QED) is 0.861. The van der Waals surface area contributed by atoms with Crippen LogP contribution in [0.1, 0.15) is 5.69 Å². The van der Waals surface area contributed by atoms with Crippen LogP contribution >= 0.6 is 22.6 Å². The van der Waals surface area contributed by atoms with Gasteiger partial charge in [0.1, 0.15) is 9.45 Å². The van der Waals surface area contributed by atoms with Crippen LogP contribution in [0.5, 0.6) is 5.75 Å². The smallest absolute Gasteiger partial charge is 0.128 e. The molecule has 0 aliphatic heterocycles. The Hall–Kier alpha value is -1.24. The Bertz CT molecular complexity index is 505. The lowest BCUT2D eigenvalue weighted by atomic mass is 10.3. The van der Waals surface area contributed by atoms with Gasteiger partial charge < -0.3 is 10.5 Å². The molecule has 2 rings (SSSR count). The predicted octanol–water partition coefficient (Wildman–Crippen LogP) is 2.38. The van der Waals surface area contributed by atoms with Gasteiger partial charge >= 0.3 is 0 Å². The average molecular weight is 329 g/mol. The molecule has 0 unspecified atom stereocenters. The molecule has 0 bridgehead atoms. The Balaban J connectivity index is 2.46. The fourth-order valence-electron chi connectivity index (χ4n) is 1.41. The van der Waals surface area contributed by atoms with Crippen LogP contribution in [0.25, 0.3) is 5.69 Å². The van der Waals surface area contributed by atoms with Crippen molar-refractivity contribution in [1.82, 2.24) is 9.78 Å². The minimum Gasteiger partial charge on any atom is -0.497 e. The SMILES string of the molecule is COc1ccc(-n2nc(C)c(N)c2I)cc1. The van der Waals surface area contributed by atoms with Crippen LogP contribution in [0.4, 0.5) is 5.69 Å². The van der Waals surface area contributed by atoms with Gasteiger partial charge in [0.25, 0.3) is 0 Å². The number of rotatable bonds is 2. The van der Waals surface area contributed by atoms with Crippen LogP contribution in [0.3, 0.4) is 0 Å². The third-order valence-electron chi connectivity index (χ3n) is 2.36. The first-order valence-electron chi connectivity index (χ1n) is 4.78. The molecule has 1 aromatic heterocycles. The molecule has 0 aliphatic rings. The fraction of sp³-hybridized carbons (Fsp3) is 0.182. The first-order chi connectivity index (χ1) is 7.63. The normalized spacial score (nSPS) is 10.4. The molecule has 0 saturated carbocycles. The number of anilines is 1. The third-order valence-corrected chi connectivity index (χ3v) is 3.40. The molecule has 0 amide bonds. The van der Waals surface area contributed by atoms with Gasteiger partial charge in [-0.25, -0.2) is 4.68 Å². The molecule has 5 heteroatoms. The van der Waals surface area contributed by atoms with Crippen molar-refractivity contribution in [2.75, 3.05) is 12.8 Å². The highest BCUT2D eigenvalue weighted by Crippen LogP contribution is 2.23. The van der Waals surface area contributed by atoms with Crippen molar-refractivity contribution in [3.8, 4) is 11.4 Å². The van der Waals surface area contributed by atoms with Crippen molar-refractivity contribution >= 4 is 28.3 Å². The average Bonchev–Trinajstić information content (AvgIpc) is 2.57. The van der Waals surface area contributed by atoms with Crippen LogP contribution in [0.15, 0.2) is 24.3 Å². The molecule has 0 saturated heterocycles. The molecule has 84 valence electrons. The predicted molar refractivity (Wildman–Crippen MR) is 72.0 cm³/mol. The van der Waals surface area contributed by atoms with Crippen LogP contribution in [0, 0.1) is 10.6 Å². The van der Waals surface area contributed by atoms with E-state index in [1.165, 1.54) is 0 Å². The van der Waals surface area contributed by atoms with Crippen molar-refractivity contribution in [2.24, 2.45) is 0 Å². The number of nitrogens with zero attached hydrogens (tertiary/aromatic N) is 2. The van der Waals surface area contributed by atoms with E-state index in [-0.39, 0.29) is 0 Å². The lowest BCUT2D eigenvalue weighted by molar-refractivity contribution is 0.414. The Morgan fingerprint density at radius 2 is 1.94 bits per heavy atom. The molecule has 0 radical (unpaired) electrons. The summed E-state index contributed by atoms with van der Waals surface area (Å²) in [7, 11) is 1.65. The molecule has 0 spiro atoms. The maximum atomic E-state index is 5.88. The lowest BCUT2D eigenvalue weighted by Gasteiger charge is -2.04. The Morgan fingerprint density at radius 3 is 2.38 bits per heavy atom. The third kappa shape index (κ3) is 1.87. The van der Waals surface area contributed by atoms with E-state index in [2.05, 4.69) is 27.7 Å². The number of methoxy groups -OCH3 is 1. The van der Waals surface area contributed by atoms with Gasteiger partial charge in [-0.1, -0.05) is 0 Å². The van der Waals surface area contributed by atoms with Crippen LogP contribution in [0.2, 0.25) is 0 Å². The molecule has 2 N–H and O–H groups in total. The van der Waals surface area contributed by atoms with E-state index in [4.69, 9.17) is 10.5 Å². The van der Waals surface area contributed by atoms with Crippen molar-refractivity contribution in [3.05, 3.63) is 33.7 Å². The molecular formula is C11H12IN3O. The maximum Gasteiger partial charge on any atom is 0.128 e. The Labute approximate surface area is 108 Å². The second-order valence-corrected chi connectivity index (χ2v) is 4.42. The second-order valence-electron chi connectivity index (χ2n) is 3.40. The van der Waals surface area contributed by atoms with Crippen molar-refractivity contribution in [2.45, 2.75) is 6.92 Å². The van der Waals surface area contributed by atoms with Gasteiger partial charge in [-0.05, 0) is 53.8 Å². The molecule has 2 aromatic rings. The summed E-state index contributed by atoms with van der Waals surface area (Å²) in [4.78, 5) is 0. The van der Waals surface area contributed by atoms with E-state index in [0.29, 0.717) is 0 Å². The number of halogens is 1. The number of ether oxygens (including phenoxy) is 1. The van der Waals surface area contributed by atoms with Crippen LogP contribution in [-0.4, -0.2) is 16.9 Å². The van der Waals surface area contributed by atoms with Crippen LogP contribution < -0.4 is 10.5 Å². The maximum absolute atomic E-state index is 5.88. The number of hydrogen-bond acceptors (Lipinski definition) is 3. The van der Waals surface area contributed by atoms with E-state index in [0.717, 1.165) is 26.5 Å². The summed E-state index contributed by atoms with van der Waals surface area (Å²) in [5.41, 5.74) is 8.44. The van der Waals surface area contributed by atoms with Crippen molar-refractivity contribution in [1.29, 1.82) is 0 Å². The Morgan fingerprint density at radius 1 is 1.31 bits per heavy atom. The van der Waals surface area contributed by atoms with Gasteiger partial charge in [-0.2, -0.15) is 5.10 Å². The summed E-state index contributed by atoms with van der Waals surface area (Å²) < 4.78 is 7.86. The number of aromatic nitrogens is 2. The van der Waals surface area contributed by atoms with Gasteiger partial charge in [0, 0.05) is 0 Å². The first kappa shape index (κ1) is 11.3. The number of aryl methyl sites for hydroxylation is 1. The second kappa shape index (κ2) is 4.32. The lowest BCUT2D eigenvalue weighted by Crippen LogP contribution is -1.99. The summed E-state index contributed by atoms with van der Waals surface area (Å²) >= 11 is 2.19. The number of hydrogen-bond donors (Lipinski definition) is 1. The van der Waals surface area contributed by atoms with E-state index < -0.39 is 0 Å². The zero-order valence-electron chi connectivity index (χ0n) is 9.07. The number of nitrogens with two attached hydrogens (primary N) is 1. The summed E-state index contributed by atoms with van der Waals surface area (Å²) in [5.74, 6) is 0.829. The molecule has 4 nitrogen and oxygen atoms in total. The van der Waals surface area contributed by atoms with Gasteiger partial charge in [0.2, 0.25) is 0 Å². The highest BCUT2D eigenvalue weighted by atomic mass is 127. The summed E-state index contributed by atoms with van der Waals surface area (Å²) in [6.45, 7) is 1.90. The first-order valence-corrected chi connectivity index (χ1v) is 5.86. The van der Waals surface area contributed by atoms with Crippen molar-refractivity contribution in [3.63, 3.8) is 0 Å². The number of nitrogen functional groups attached to an aromatic ring is 1. The van der Waals surface area contributed by atoms with Gasteiger partial charge in [-0.15, -0.1) is 0 Å². The Kier molecular flexibility index (Phi) is 3.04. The molecular weight excluding hydrogens is 317 g/mol. The molecule has 1 heterocycles. The molecule has 0 aliphatic carbocycles. The van der Waals surface area contributed by atoms with Crippen LogP contribution in [-0.2, 0) is 0 Å². The summed E-state index contributed by atoms with van der Waals surface area (Å²) in [6, 6.07) is 7.71. The van der Waals surface area contributed by atoms with E-state index in [1.54, 1.807) is 7.11 Å². The highest BCUT2D eigenvalue weighted by molar-refractivity contribution is 14.1. The van der Waals surface area contributed by atoms with Gasteiger partial charge in [0.05, 0.1) is 24.2 Å². The zero-order chi connectivity index (χ0) is 11.7. The zero-order valence-corrected chi connectivity index (χ0v) is 11.2. The van der Waals surface area contributed by atoms with Crippen molar-refractivity contribution < 1.29 is 4.74 Å². The largest absolute Gasteiger partial charge is 0.497 e. The minimum absolute atomic E-state index is 0.733. The summed E-state index contributed by atoms with van der Waals surface area (Å²) in [5, 5.41) is 4.38. The van der Waals surface area contributed by atoms with E-state index in [9.17, 15) is 0 Å². The fourth-order valence-corrected chi connectivity index (χ4v) is 2.18. The monoisotopic (exact) mass is 329 g/mol. The molecule has 1 aromatic carbocycles. The van der Waals surface area contributed by atoms with E-state index in [1.807, 2.05) is 35.9 Å². The molecule has 16 heavy (non-hydrogen) atoms. The van der Waals surface area contributed by atoms with Gasteiger partial charge in [0.15, 0.2) is 0 Å². The van der Waals surface area contributed by atoms with Gasteiger partial charge in [-0.3, -0.25) is 0 Å². The highest BCUT2D eigenvalue weighted by Gasteiger charge is 2.10. The summed E-state index contributed by atoms with van der Waals surface area (Å²) in [6.07, 6.45) is 0. The van der Waals surface area contributed by atoms with E-state index >= 15 is 0 Å². The standard InChI is InChI=1S/C11H12IN3O/c1-7-10(13)11(12)15(14-7)8-3-5-9(16-2)6-4-8/h3-6H,13H2,1-2H3. The number of benzene rings is 1. The minimum atomic E-state index is 0.733. The topological polar surface area (TPSA) is 53.1 Å². The molecule has 0 fully saturated rings. The molecule has 0 atom stereocenters.